The number of carbonyl (C=O) groups excluding carboxylic acids is 2. The van der Waals surface area contributed by atoms with Gasteiger partial charge in [0.15, 0.2) is 0 Å². The molecule has 8 heteroatoms. The molecule has 0 aliphatic heterocycles. The number of hydrogen-bond donors (Lipinski definition) is 2. The van der Waals surface area contributed by atoms with Crippen molar-refractivity contribution in [3.05, 3.63) is 101 Å². The first-order valence-corrected chi connectivity index (χ1v) is 10.1. The lowest BCUT2D eigenvalue weighted by Gasteiger charge is -2.20. The lowest BCUT2D eigenvalue weighted by Crippen LogP contribution is -2.37. The van der Waals surface area contributed by atoms with Gasteiger partial charge in [-0.1, -0.05) is 48.5 Å². The predicted octanol–water partition coefficient (Wildman–Crippen LogP) is 3.39. The molecule has 0 saturated carbocycles. The molecular formula is C24H22N6O2. The number of para-hydroxylation sites is 1. The van der Waals surface area contributed by atoms with Crippen LogP contribution in [0.15, 0.2) is 79.1 Å². The Kier molecular flexibility index (Phi) is 6.03. The van der Waals surface area contributed by atoms with E-state index in [1.54, 1.807) is 24.3 Å². The minimum atomic E-state index is -0.859. The van der Waals surface area contributed by atoms with Crippen LogP contribution in [0.5, 0.6) is 0 Å². The molecule has 1 heterocycles. The van der Waals surface area contributed by atoms with Crippen molar-refractivity contribution >= 4 is 17.5 Å². The van der Waals surface area contributed by atoms with Gasteiger partial charge in [0.05, 0.1) is 5.69 Å². The Balaban J connectivity index is 1.57. The molecular weight excluding hydrogens is 404 g/mol. The Morgan fingerprint density at radius 3 is 2.19 bits per heavy atom. The van der Waals surface area contributed by atoms with Gasteiger partial charge in [-0.15, -0.1) is 5.10 Å². The Hall–Kier alpha value is -4.33. The van der Waals surface area contributed by atoms with E-state index >= 15 is 0 Å². The summed E-state index contributed by atoms with van der Waals surface area (Å²) in [4.78, 5) is 26.2. The second-order valence-electron chi connectivity index (χ2n) is 7.37. The molecule has 4 rings (SSSR count). The second-order valence-corrected chi connectivity index (χ2v) is 7.37. The van der Waals surface area contributed by atoms with Gasteiger partial charge in [-0.2, -0.15) is 0 Å². The number of tetrazole rings is 1. The van der Waals surface area contributed by atoms with Gasteiger partial charge in [-0.05, 0) is 65.2 Å². The molecule has 0 fully saturated rings. The van der Waals surface area contributed by atoms with Crippen LogP contribution in [0.1, 0.15) is 33.1 Å². The number of amides is 2. The van der Waals surface area contributed by atoms with Crippen molar-refractivity contribution in [3.8, 4) is 5.69 Å². The van der Waals surface area contributed by atoms with Gasteiger partial charge in [0.1, 0.15) is 12.4 Å². The molecule has 1 aromatic heterocycles. The van der Waals surface area contributed by atoms with E-state index in [0.717, 1.165) is 22.5 Å². The van der Waals surface area contributed by atoms with Crippen LogP contribution in [0, 0.1) is 13.8 Å². The summed E-state index contributed by atoms with van der Waals surface area (Å²) in [5.41, 5.74) is 4.49. The summed E-state index contributed by atoms with van der Waals surface area (Å²) in [5.74, 6) is -0.675. The van der Waals surface area contributed by atoms with Gasteiger partial charge < -0.3 is 10.6 Å². The maximum atomic E-state index is 13.2. The minimum absolute atomic E-state index is 0.313. The molecule has 8 nitrogen and oxygen atoms in total. The van der Waals surface area contributed by atoms with Gasteiger partial charge in [0, 0.05) is 11.3 Å². The topological polar surface area (TPSA) is 102 Å². The summed E-state index contributed by atoms with van der Waals surface area (Å²) in [7, 11) is 0. The van der Waals surface area contributed by atoms with Crippen molar-refractivity contribution in [3.63, 3.8) is 0 Å². The van der Waals surface area contributed by atoms with Gasteiger partial charge in [-0.3, -0.25) is 9.59 Å². The van der Waals surface area contributed by atoms with E-state index < -0.39 is 6.04 Å². The molecule has 0 bridgehead atoms. The van der Waals surface area contributed by atoms with Crippen LogP contribution in [-0.2, 0) is 4.79 Å². The molecule has 0 radical (unpaired) electrons. The Labute approximate surface area is 185 Å². The molecule has 0 aliphatic rings. The average molecular weight is 426 g/mol. The number of nitrogens with one attached hydrogen (secondary N) is 2. The van der Waals surface area contributed by atoms with Crippen molar-refractivity contribution in [2.75, 3.05) is 5.32 Å². The summed E-state index contributed by atoms with van der Waals surface area (Å²) in [6, 6.07) is 20.9. The molecule has 4 aromatic rings. The highest BCUT2D eigenvalue weighted by Gasteiger charge is 2.24. The van der Waals surface area contributed by atoms with E-state index in [-0.39, 0.29) is 11.8 Å². The van der Waals surface area contributed by atoms with Crippen LogP contribution >= 0.6 is 0 Å². The third-order valence-corrected chi connectivity index (χ3v) is 5.14. The highest BCUT2D eigenvalue weighted by Crippen LogP contribution is 2.22. The fourth-order valence-corrected chi connectivity index (χ4v) is 3.41. The maximum absolute atomic E-state index is 13.2. The number of carbonyl (C=O) groups is 2. The maximum Gasteiger partial charge on any atom is 0.252 e. The number of anilines is 1. The molecule has 3 aromatic carbocycles. The van der Waals surface area contributed by atoms with Crippen LogP contribution in [-0.4, -0.2) is 32.0 Å². The molecule has 2 N–H and O–H groups in total. The van der Waals surface area contributed by atoms with E-state index in [0.29, 0.717) is 11.1 Å². The highest BCUT2D eigenvalue weighted by molar-refractivity contribution is 6.02. The zero-order chi connectivity index (χ0) is 22.5. The highest BCUT2D eigenvalue weighted by atomic mass is 16.2. The third-order valence-electron chi connectivity index (χ3n) is 5.14. The summed E-state index contributed by atoms with van der Waals surface area (Å²) in [5, 5.41) is 16.9. The quantitative estimate of drug-likeness (QED) is 0.492. The van der Waals surface area contributed by atoms with Gasteiger partial charge in [0.25, 0.3) is 11.8 Å². The van der Waals surface area contributed by atoms with Gasteiger partial charge in [0.2, 0.25) is 0 Å². The monoisotopic (exact) mass is 426 g/mol. The number of aromatic nitrogens is 4. The molecule has 160 valence electrons. The van der Waals surface area contributed by atoms with Crippen molar-refractivity contribution in [1.82, 2.24) is 25.5 Å². The Morgan fingerprint density at radius 1 is 0.875 bits per heavy atom. The minimum Gasteiger partial charge on any atom is -0.336 e. The van der Waals surface area contributed by atoms with Gasteiger partial charge in [-0.25, -0.2) is 4.68 Å². The molecule has 0 saturated heterocycles. The zero-order valence-corrected chi connectivity index (χ0v) is 17.7. The number of nitrogens with zero attached hydrogens (tertiary/aromatic N) is 4. The molecule has 0 aliphatic carbocycles. The van der Waals surface area contributed by atoms with Crippen LogP contribution in [0.3, 0.4) is 0 Å². The average Bonchev–Trinajstić information content (AvgIpc) is 3.35. The van der Waals surface area contributed by atoms with Gasteiger partial charge >= 0.3 is 0 Å². The van der Waals surface area contributed by atoms with Crippen LogP contribution in [0.25, 0.3) is 5.69 Å². The fraction of sp³-hybridized carbons (Fsp3) is 0.125. The first-order chi connectivity index (χ1) is 15.5. The largest absolute Gasteiger partial charge is 0.336 e. The van der Waals surface area contributed by atoms with Crippen LogP contribution < -0.4 is 10.6 Å². The zero-order valence-electron chi connectivity index (χ0n) is 17.7. The van der Waals surface area contributed by atoms with E-state index in [2.05, 4.69) is 26.2 Å². The van der Waals surface area contributed by atoms with E-state index in [9.17, 15) is 9.59 Å². The first kappa shape index (κ1) is 20.9. The van der Waals surface area contributed by atoms with E-state index in [4.69, 9.17) is 0 Å². The van der Waals surface area contributed by atoms with Crippen molar-refractivity contribution < 1.29 is 9.59 Å². The van der Waals surface area contributed by atoms with Crippen molar-refractivity contribution in [2.45, 2.75) is 19.9 Å². The first-order valence-electron chi connectivity index (χ1n) is 10.1. The molecule has 0 spiro atoms. The number of hydrogen-bond acceptors (Lipinski definition) is 5. The lowest BCUT2D eigenvalue weighted by atomic mass is 10.0. The Morgan fingerprint density at radius 2 is 1.56 bits per heavy atom. The summed E-state index contributed by atoms with van der Waals surface area (Å²) in [6.07, 6.45) is 1.47. The number of benzene rings is 3. The lowest BCUT2D eigenvalue weighted by molar-refractivity contribution is -0.118. The molecule has 2 amide bonds. The van der Waals surface area contributed by atoms with Crippen LogP contribution in [0.2, 0.25) is 0 Å². The SMILES string of the molecule is Cc1cccc(C)c1NC(=O)C(NC(=O)c1ccc(-n2cnnn2)cc1)c1ccccc1. The fourth-order valence-electron chi connectivity index (χ4n) is 3.41. The Bertz CT molecular complexity index is 1200. The second kappa shape index (κ2) is 9.22. The van der Waals surface area contributed by atoms with Crippen LogP contribution in [0.4, 0.5) is 5.69 Å². The standard InChI is InChI=1S/C24H22N6O2/c1-16-7-6-8-17(2)21(16)26-24(32)22(18-9-4-3-5-10-18)27-23(31)19-11-13-20(14-12-19)30-15-25-28-29-30/h3-15,22H,1-2H3,(H,26,32)(H,27,31). The number of rotatable bonds is 6. The predicted molar refractivity (Wildman–Crippen MR) is 120 cm³/mol. The summed E-state index contributed by atoms with van der Waals surface area (Å²) in [6.45, 7) is 3.87. The van der Waals surface area contributed by atoms with Crippen molar-refractivity contribution in [2.24, 2.45) is 0 Å². The van der Waals surface area contributed by atoms with Crippen molar-refractivity contribution in [1.29, 1.82) is 0 Å². The summed E-state index contributed by atoms with van der Waals surface area (Å²) < 4.78 is 1.49. The molecule has 1 atom stereocenters. The van der Waals surface area contributed by atoms with E-state index in [1.165, 1.54) is 11.0 Å². The smallest absolute Gasteiger partial charge is 0.252 e. The number of aryl methyl sites for hydroxylation is 2. The molecule has 32 heavy (non-hydrogen) atoms. The van der Waals surface area contributed by atoms with E-state index in [1.807, 2.05) is 62.4 Å². The molecule has 1 unspecified atom stereocenters. The normalized spacial score (nSPS) is 11.6. The summed E-state index contributed by atoms with van der Waals surface area (Å²) >= 11 is 0. The third kappa shape index (κ3) is 4.54.